The van der Waals surface area contributed by atoms with Crippen LogP contribution < -0.4 is 15.8 Å². The fraction of sp³-hybridized carbons (Fsp3) is 0.625. The summed E-state index contributed by atoms with van der Waals surface area (Å²) in [5.74, 6) is 1.33. The van der Waals surface area contributed by atoms with Gasteiger partial charge in [-0.2, -0.15) is 0 Å². The first kappa shape index (κ1) is 17.0. The molecule has 0 bridgehead atoms. The molecule has 0 aromatic heterocycles. The predicted octanol–water partition coefficient (Wildman–Crippen LogP) is 1.70. The highest BCUT2D eigenvalue weighted by Gasteiger charge is 2.10. The smallest absolute Gasteiger partial charge is 0.122 e. The summed E-state index contributed by atoms with van der Waals surface area (Å²) in [6, 6.07) is 8.17. The number of aliphatic hydroxyl groups excluding tert-OH is 1. The topological polar surface area (TPSA) is 67.5 Å². The Labute approximate surface area is 122 Å². The maximum absolute atomic E-state index is 9.93. The average molecular weight is 280 g/mol. The molecule has 0 radical (unpaired) electrons. The van der Waals surface area contributed by atoms with Crippen LogP contribution in [-0.2, 0) is 0 Å². The summed E-state index contributed by atoms with van der Waals surface area (Å²) in [6.07, 6.45) is 0.507. The summed E-state index contributed by atoms with van der Waals surface area (Å²) in [4.78, 5) is 0. The molecule has 1 rings (SSSR count). The molecule has 4 heteroatoms. The molecular weight excluding hydrogens is 252 g/mol. The summed E-state index contributed by atoms with van der Waals surface area (Å²) >= 11 is 0. The Kier molecular flexibility index (Phi) is 7.59. The monoisotopic (exact) mass is 280 g/mol. The van der Waals surface area contributed by atoms with Gasteiger partial charge in [0.25, 0.3) is 0 Å². The summed E-state index contributed by atoms with van der Waals surface area (Å²) in [6.45, 7) is 7.78. The molecule has 0 fully saturated rings. The van der Waals surface area contributed by atoms with Crippen LogP contribution in [0.4, 0.5) is 0 Å². The fourth-order valence-corrected chi connectivity index (χ4v) is 2.08. The second-order valence-electron chi connectivity index (χ2n) is 5.62. The zero-order valence-electron chi connectivity index (χ0n) is 12.8. The van der Waals surface area contributed by atoms with Gasteiger partial charge < -0.3 is 20.9 Å². The van der Waals surface area contributed by atoms with Gasteiger partial charge in [-0.15, -0.1) is 0 Å². The molecule has 20 heavy (non-hydrogen) atoms. The quantitative estimate of drug-likeness (QED) is 0.644. The van der Waals surface area contributed by atoms with Gasteiger partial charge in [0.2, 0.25) is 0 Å². The summed E-state index contributed by atoms with van der Waals surface area (Å²) in [7, 11) is 0. The van der Waals surface area contributed by atoms with Gasteiger partial charge in [-0.25, -0.2) is 0 Å². The Bertz CT molecular complexity index is 384. The Morgan fingerprint density at radius 1 is 1.30 bits per heavy atom. The van der Waals surface area contributed by atoms with Gasteiger partial charge in [0.15, 0.2) is 0 Å². The molecule has 4 N–H and O–H groups in total. The zero-order valence-corrected chi connectivity index (χ0v) is 12.8. The van der Waals surface area contributed by atoms with Crippen molar-refractivity contribution in [2.75, 3.05) is 19.7 Å². The van der Waals surface area contributed by atoms with E-state index in [1.165, 1.54) is 0 Å². The molecule has 0 amide bonds. The van der Waals surface area contributed by atoms with E-state index in [0.717, 1.165) is 17.7 Å². The number of hydrogen-bond donors (Lipinski definition) is 3. The zero-order chi connectivity index (χ0) is 15.0. The van der Waals surface area contributed by atoms with Crippen molar-refractivity contribution < 1.29 is 9.84 Å². The molecule has 1 aromatic carbocycles. The Hall–Kier alpha value is -1.10. The maximum atomic E-state index is 9.93. The lowest BCUT2D eigenvalue weighted by atomic mass is 10.0. The van der Waals surface area contributed by atoms with Crippen molar-refractivity contribution in [3.8, 4) is 5.75 Å². The minimum atomic E-state index is -0.509. The average Bonchev–Trinajstić information content (AvgIpc) is 2.44. The molecule has 0 saturated carbocycles. The second-order valence-corrected chi connectivity index (χ2v) is 5.62. The van der Waals surface area contributed by atoms with Crippen molar-refractivity contribution >= 4 is 0 Å². The van der Waals surface area contributed by atoms with Crippen molar-refractivity contribution in [1.82, 2.24) is 5.32 Å². The largest absolute Gasteiger partial charge is 0.491 e. The first-order valence-electron chi connectivity index (χ1n) is 7.32. The van der Waals surface area contributed by atoms with E-state index in [1.54, 1.807) is 0 Å². The van der Waals surface area contributed by atoms with Crippen LogP contribution in [0.1, 0.15) is 25.8 Å². The normalized spacial score (nSPS) is 15.7. The molecular formula is C16H28N2O2. The Balaban J connectivity index is 2.23. The minimum Gasteiger partial charge on any atom is -0.491 e. The number of aliphatic hydroxyl groups is 1. The number of nitrogens with two attached hydrogens (primary N) is 1. The van der Waals surface area contributed by atoms with E-state index in [1.807, 2.05) is 31.2 Å². The van der Waals surface area contributed by atoms with Crippen LogP contribution >= 0.6 is 0 Å². The number of rotatable bonds is 9. The molecule has 0 aliphatic rings. The Morgan fingerprint density at radius 3 is 2.65 bits per heavy atom. The van der Waals surface area contributed by atoms with E-state index in [9.17, 15) is 5.11 Å². The van der Waals surface area contributed by atoms with Crippen LogP contribution in [0.3, 0.4) is 0 Å². The third kappa shape index (κ3) is 6.37. The van der Waals surface area contributed by atoms with E-state index >= 15 is 0 Å². The van der Waals surface area contributed by atoms with Crippen molar-refractivity contribution in [1.29, 1.82) is 0 Å². The van der Waals surface area contributed by atoms with Gasteiger partial charge in [0.1, 0.15) is 18.5 Å². The maximum Gasteiger partial charge on any atom is 0.122 e. The van der Waals surface area contributed by atoms with Crippen LogP contribution in [0.15, 0.2) is 24.3 Å². The number of para-hydroxylation sites is 1. The van der Waals surface area contributed by atoms with Crippen molar-refractivity contribution in [3.63, 3.8) is 0 Å². The third-order valence-electron chi connectivity index (χ3n) is 3.39. The highest BCUT2D eigenvalue weighted by molar-refractivity contribution is 5.31. The van der Waals surface area contributed by atoms with Gasteiger partial charge in [0.05, 0.1) is 0 Å². The molecule has 4 nitrogen and oxygen atoms in total. The molecule has 0 saturated heterocycles. The molecule has 114 valence electrons. The summed E-state index contributed by atoms with van der Waals surface area (Å²) in [5.41, 5.74) is 6.69. The lowest BCUT2D eigenvalue weighted by Gasteiger charge is -2.20. The Morgan fingerprint density at radius 2 is 2.00 bits per heavy atom. The van der Waals surface area contributed by atoms with Crippen molar-refractivity contribution in [2.24, 2.45) is 11.7 Å². The number of ether oxygens (including phenoxy) is 1. The standard InChI is InChI=1S/C16H28N2O2/c1-12(9-17)8-14(3)18-10-15(19)11-20-16-7-5-4-6-13(16)2/h4-7,12,14-15,18-19H,8-11,17H2,1-3H3. The van der Waals surface area contributed by atoms with E-state index in [-0.39, 0.29) is 0 Å². The molecule has 3 atom stereocenters. The molecule has 0 aliphatic heterocycles. The van der Waals surface area contributed by atoms with Crippen molar-refractivity contribution in [3.05, 3.63) is 29.8 Å². The SMILES string of the molecule is Cc1ccccc1OCC(O)CNC(C)CC(C)CN. The first-order chi connectivity index (χ1) is 9.52. The van der Waals surface area contributed by atoms with E-state index in [2.05, 4.69) is 19.2 Å². The number of nitrogens with one attached hydrogen (secondary N) is 1. The lowest BCUT2D eigenvalue weighted by Crippen LogP contribution is -2.37. The van der Waals surface area contributed by atoms with Crippen LogP contribution in [-0.4, -0.2) is 36.9 Å². The molecule has 0 spiro atoms. The van der Waals surface area contributed by atoms with Gasteiger partial charge in [-0.1, -0.05) is 25.1 Å². The van der Waals surface area contributed by atoms with E-state index < -0.39 is 6.10 Å². The highest BCUT2D eigenvalue weighted by Crippen LogP contribution is 2.16. The van der Waals surface area contributed by atoms with Crippen molar-refractivity contribution in [2.45, 2.75) is 39.3 Å². The number of benzene rings is 1. The number of hydrogen-bond acceptors (Lipinski definition) is 4. The minimum absolute atomic E-state index is 0.303. The highest BCUT2D eigenvalue weighted by atomic mass is 16.5. The van der Waals surface area contributed by atoms with Crippen LogP contribution in [0.25, 0.3) is 0 Å². The fourth-order valence-electron chi connectivity index (χ4n) is 2.08. The number of aryl methyl sites for hydroxylation is 1. The van der Waals surface area contributed by atoms with Gasteiger partial charge >= 0.3 is 0 Å². The van der Waals surface area contributed by atoms with E-state index in [0.29, 0.717) is 31.7 Å². The summed E-state index contributed by atoms with van der Waals surface area (Å²) in [5, 5.41) is 13.2. The first-order valence-corrected chi connectivity index (χ1v) is 7.32. The lowest BCUT2D eigenvalue weighted by molar-refractivity contribution is 0.103. The van der Waals surface area contributed by atoms with E-state index in [4.69, 9.17) is 10.5 Å². The van der Waals surface area contributed by atoms with Crippen LogP contribution in [0.2, 0.25) is 0 Å². The molecule has 0 aliphatic carbocycles. The predicted molar refractivity (Wildman–Crippen MR) is 83.0 cm³/mol. The molecule has 1 aromatic rings. The second kappa shape index (κ2) is 8.95. The van der Waals surface area contributed by atoms with Crippen LogP contribution in [0.5, 0.6) is 5.75 Å². The molecule has 3 unspecified atom stereocenters. The third-order valence-corrected chi connectivity index (χ3v) is 3.39. The summed E-state index contributed by atoms with van der Waals surface area (Å²) < 4.78 is 5.62. The van der Waals surface area contributed by atoms with Gasteiger partial charge in [0, 0.05) is 12.6 Å². The van der Waals surface area contributed by atoms with Gasteiger partial charge in [-0.3, -0.25) is 0 Å². The van der Waals surface area contributed by atoms with Crippen LogP contribution in [0, 0.1) is 12.8 Å². The van der Waals surface area contributed by atoms with Gasteiger partial charge in [-0.05, 0) is 44.4 Å². The molecule has 0 heterocycles.